The van der Waals surface area contributed by atoms with Gasteiger partial charge in [-0.1, -0.05) is 154 Å². The highest BCUT2D eigenvalue weighted by atomic mass is 127. The van der Waals surface area contributed by atoms with Crippen molar-refractivity contribution in [3.05, 3.63) is 24.3 Å². The van der Waals surface area contributed by atoms with Crippen LogP contribution in [0.15, 0.2) is 24.3 Å². The highest BCUT2D eigenvalue weighted by Crippen LogP contribution is 2.50. The summed E-state index contributed by atoms with van der Waals surface area (Å²) in [6.45, 7) is 6.13. The summed E-state index contributed by atoms with van der Waals surface area (Å²) in [5.74, 6) is 0. The molecule has 288 valence electrons. The maximum absolute atomic E-state index is 13.7. The zero-order chi connectivity index (χ0) is 34.6. The Labute approximate surface area is 317 Å². The fraction of sp³-hybridized carbons (Fsp3) is 0.900. The van der Waals surface area contributed by atoms with Crippen molar-refractivity contribution in [2.75, 3.05) is 39.9 Å². The van der Waals surface area contributed by atoms with Crippen molar-refractivity contribution in [3.8, 4) is 0 Å². The minimum absolute atomic E-state index is 0. The lowest BCUT2D eigenvalue weighted by Crippen LogP contribution is -3.00. The van der Waals surface area contributed by atoms with Gasteiger partial charge in [0.2, 0.25) is 0 Å². The molecule has 0 aliphatic heterocycles. The second-order valence-corrected chi connectivity index (χ2v) is 16.3. The van der Waals surface area contributed by atoms with E-state index in [0.717, 1.165) is 25.7 Å². The third-order valence-corrected chi connectivity index (χ3v) is 11.5. The van der Waals surface area contributed by atoms with E-state index in [1.54, 1.807) is 0 Å². The van der Waals surface area contributed by atoms with Crippen LogP contribution in [0.2, 0.25) is 0 Å². The predicted molar refractivity (Wildman–Crippen MR) is 208 cm³/mol. The van der Waals surface area contributed by atoms with Crippen LogP contribution >= 0.6 is 7.60 Å². The van der Waals surface area contributed by atoms with Crippen molar-refractivity contribution in [2.45, 2.75) is 194 Å². The SMILES string of the molecule is CCCCCCCC/C=C/CCCCCCCCOP(=O)(C[N+](C)(CN)CN)OCCCCCCCC/C=C/CCCCCCCC.[I-]. The molecule has 0 unspecified atom stereocenters. The molecule has 0 aromatic heterocycles. The Bertz CT molecular complexity index is 701. The summed E-state index contributed by atoms with van der Waals surface area (Å²) < 4.78 is 25.9. The van der Waals surface area contributed by atoms with Crippen LogP contribution in [0.3, 0.4) is 0 Å². The van der Waals surface area contributed by atoms with E-state index in [4.69, 9.17) is 20.5 Å². The van der Waals surface area contributed by atoms with Crippen LogP contribution in [0.4, 0.5) is 0 Å². The van der Waals surface area contributed by atoms with Gasteiger partial charge in [-0.05, 0) is 64.2 Å². The predicted octanol–water partition coefficient (Wildman–Crippen LogP) is 9.53. The van der Waals surface area contributed by atoms with Crippen LogP contribution < -0.4 is 35.4 Å². The molecule has 0 amide bonds. The molecule has 0 aromatic rings. The van der Waals surface area contributed by atoms with Gasteiger partial charge in [0.05, 0.1) is 20.3 Å². The molecule has 0 bridgehead atoms. The van der Waals surface area contributed by atoms with Crippen molar-refractivity contribution in [2.24, 2.45) is 11.5 Å². The number of rotatable bonds is 38. The molecular weight excluding hydrogens is 728 g/mol. The Morgan fingerprint density at radius 3 is 1.04 bits per heavy atom. The molecule has 0 atom stereocenters. The average molecular weight is 812 g/mol. The standard InChI is InChI=1S/C40H83N3O3P.HI/c1-4-6-8-10-12-14-16-18-20-22-24-26-28-30-32-34-36-45-47(44,40-43(3,38-41)39-42)46-37-35-33-31-29-27-25-23-21-19-17-15-13-11-9-7-5-2;/h18-21H,4-17,22-42H2,1-3H3;1H/q+1;/p-1/b20-18+,21-19+;. The van der Waals surface area contributed by atoms with Gasteiger partial charge in [-0.25, -0.2) is 0 Å². The molecule has 0 radical (unpaired) electrons. The molecule has 0 saturated heterocycles. The van der Waals surface area contributed by atoms with E-state index in [9.17, 15) is 4.57 Å². The van der Waals surface area contributed by atoms with Crippen molar-refractivity contribution >= 4 is 7.60 Å². The van der Waals surface area contributed by atoms with Crippen LogP contribution in [0.5, 0.6) is 0 Å². The summed E-state index contributed by atoms with van der Waals surface area (Å²) in [5.41, 5.74) is 11.9. The van der Waals surface area contributed by atoms with Gasteiger partial charge in [-0.15, -0.1) is 0 Å². The van der Waals surface area contributed by atoms with Crippen molar-refractivity contribution < 1.29 is 42.1 Å². The van der Waals surface area contributed by atoms with Gasteiger partial charge < -0.3 is 33.0 Å². The Morgan fingerprint density at radius 1 is 0.479 bits per heavy atom. The lowest BCUT2D eigenvalue weighted by Gasteiger charge is -2.33. The number of hydrogen-bond donors (Lipinski definition) is 2. The molecule has 4 N–H and O–H groups in total. The van der Waals surface area contributed by atoms with Gasteiger partial charge in [0, 0.05) is 0 Å². The molecule has 0 fully saturated rings. The molecule has 0 aliphatic carbocycles. The second kappa shape index (κ2) is 38.5. The summed E-state index contributed by atoms with van der Waals surface area (Å²) in [6, 6.07) is 0. The first-order valence-electron chi connectivity index (χ1n) is 20.4. The lowest BCUT2D eigenvalue weighted by molar-refractivity contribution is -0.898. The van der Waals surface area contributed by atoms with Gasteiger partial charge in [0.25, 0.3) is 0 Å². The van der Waals surface area contributed by atoms with E-state index < -0.39 is 7.60 Å². The fourth-order valence-electron chi connectivity index (χ4n) is 5.83. The number of hydrogen-bond acceptors (Lipinski definition) is 5. The highest BCUT2D eigenvalue weighted by molar-refractivity contribution is 7.53. The number of nitrogens with two attached hydrogens (primary N) is 2. The molecule has 48 heavy (non-hydrogen) atoms. The van der Waals surface area contributed by atoms with Gasteiger partial charge >= 0.3 is 7.60 Å². The summed E-state index contributed by atoms with van der Waals surface area (Å²) >= 11 is 0. The molecule has 0 rings (SSSR count). The van der Waals surface area contributed by atoms with E-state index >= 15 is 0 Å². The van der Waals surface area contributed by atoms with Gasteiger partial charge in [-0.3, -0.25) is 20.5 Å². The second-order valence-electron chi connectivity index (χ2n) is 14.3. The Balaban J connectivity index is 0. The number of quaternary nitrogens is 1. The van der Waals surface area contributed by atoms with Crippen LogP contribution in [0.1, 0.15) is 194 Å². The number of allylic oxidation sites excluding steroid dienone is 4. The summed E-state index contributed by atoms with van der Waals surface area (Å²) in [6.07, 6.45) is 45.2. The number of halogens is 1. The maximum Gasteiger partial charge on any atom is 0.384 e. The van der Waals surface area contributed by atoms with Crippen LogP contribution in [-0.4, -0.2) is 44.4 Å². The van der Waals surface area contributed by atoms with E-state index in [0.29, 0.717) is 26.6 Å². The van der Waals surface area contributed by atoms with E-state index in [-0.39, 0.29) is 34.7 Å². The number of nitrogens with zero attached hydrogens (tertiary/aromatic N) is 1. The molecule has 6 nitrogen and oxygen atoms in total. The minimum Gasteiger partial charge on any atom is -1.00 e. The first kappa shape index (κ1) is 50.3. The van der Waals surface area contributed by atoms with E-state index in [1.165, 1.54) is 154 Å². The average Bonchev–Trinajstić information content (AvgIpc) is 3.07. The van der Waals surface area contributed by atoms with Crippen LogP contribution in [0.25, 0.3) is 0 Å². The van der Waals surface area contributed by atoms with Crippen LogP contribution in [0, 0.1) is 0 Å². The third-order valence-electron chi connectivity index (χ3n) is 9.28. The number of unbranched alkanes of at least 4 members (excludes halogenated alkanes) is 24. The van der Waals surface area contributed by atoms with Gasteiger partial charge in [0.1, 0.15) is 13.3 Å². The molecule has 0 heterocycles. The molecule has 0 spiro atoms. The van der Waals surface area contributed by atoms with Gasteiger partial charge in [-0.2, -0.15) is 0 Å². The zero-order valence-corrected chi connectivity index (χ0v) is 35.3. The first-order chi connectivity index (χ1) is 22.9. The van der Waals surface area contributed by atoms with Crippen molar-refractivity contribution in [1.29, 1.82) is 0 Å². The van der Waals surface area contributed by atoms with E-state index in [2.05, 4.69) is 38.2 Å². The summed E-state index contributed by atoms with van der Waals surface area (Å²) in [5, 5.41) is 0. The maximum atomic E-state index is 13.7. The van der Waals surface area contributed by atoms with Gasteiger partial charge in [0.15, 0.2) is 6.29 Å². The normalized spacial score (nSPS) is 12.4. The van der Waals surface area contributed by atoms with E-state index in [1.807, 2.05) is 7.05 Å². The smallest absolute Gasteiger partial charge is 0.384 e. The molecule has 0 saturated carbocycles. The topological polar surface area (TPSA) is 87.6 Å². The Morgan fingerprint density at radius 2 is 0.750 bits per heavy atom. The Kier molecular flexibility index (Phi) is 40.4. The summed E-state index contributed by atoms with van der Waals surface area (Å²) in [4.78, 5) is 0. The summed E-state index contributed by atoms with van der Waals surface area (Å²) in [7, 11) is -1.33. The fourth-order valence-corrected chi connectivity index (χ4v) is 7.95. The molecule has 8 heteroatoms. The first-order valence-corrected chi connectivity index (χ1v) is 22.1. The monoisotopic (exact) mass is 812 g/mol. The van der Waals surface area contributed by atoms with Crippen LogP contribution in [-0.2, 0) is 13.6 Å². The quantitative estimate of drug-likeness (QED) is 0.0162. The molecule has 0 aromatic carbocycles. The van der Waals surface area contributed by atoms with Crippen molar-refractivity contribution in [1.82, 2.24) is 0 Å². The Hall–Kier alpha value is 0.240. The lowest BCUT2D eigenvalue weighted by atomic mass is 10.1. The molecule has 0 aliphatic rings. The minimum atomic E-state index is -3.26. The highest BCUT2D eigenvalue weighted by Gasteiger charge is 2.35. The third kappa shape index (κ3) is 34.7. The molecular formula is C40H83IN3O3P. The zero-order valence-electron chi connectivity index (χ0n) is 32.3. The van der Waals surface area contributed by atoms with Crippen molar-refractivity contribution in [3.63, 3.8) is 0 Å². The largest absolute Gasteiger partial charge is 1.00 e.